The van der Waals surface area contributed by atoms with Crippen LogP contribution < -0.4 is 10.6 Å². The smallest absolute Gasteiger partial charge is 0.257 e. The Balaban J connectivity index is 1.53. The van der Waals surface area contributed by atoms with E-state index in [0.717, 1.165) is 46.6 Å². The number of benzene rings is 2. The number of thiazole rings is 1. The van der Waals surface area contributed by atoms with Gasteiger partial charge in [0.1, 0.15) is 0 Å². The van der Waals surface area contributed by atoms with Crippen LogP contribution in [0.2, 0.25) is 5.02 Å². The lowest BCUT2D eigenvalue weighted by Gasteiger charge is -2.22. The minimum atomic E-state index is -0.318. The van der Waals surface area contributed by atoms with E-state index in [-0.39, 0.29) is 17.7 Å². The summed E-state index contributed by atoms with van der Waals surface area (Å²) in [5.74, 6) is -0.604. The van der Waals surface area contributed by atoms with Gasteiger partial charge in [0.25, 0.3) is 5.91 Å². The van der Waals surface area contributed by atoms with Gasteiger partial charge in [-0.1, -0.05) is 29.3 Å². The minimum absolute atomic E-state index is 0.0446. The van der Waals surface area contributed by atoms with E-state index in [1.165, 1.54) is 16.9 Å². The van der Waals surface area contributed by atoms with Crippen molar-refractivity contribution in [1.82, 2.24) is 4.98 Å². The van der Waals surface area contributed by atoms with Gasteiger partial charge in [0.05, 0.1) is 11.6 Å². The molecule has 1 heterocycles. The largest absolute Gasteiger partial charge is 0.325 e. The first-order valence-electron chi connectivity index (χ1n) is 10.3. The van der Waals surface area contributed by atoms with E-state index in [0.29, 0.717) is 15.7 Å². The molecule has 1 aliphatic rings. The summed E-state index contributed by atoms with van der Waals surface area (Å²) in [5, 5.41) is 7.08. The normalized spacial score (nSPS) is 15.3. The number of amides is 2. The summed E-state index contributed by atoms with van der Waals surface area (Å²) in [6.07, 6.45) is 2.54. The summed E-state index contributed by atoms with van der Waals surface area (Å²) in [7, 11) is 0. The van der Waals surface area contributed by atoms with Crippen molar-refractivity contribution in [3.63, 3.8) is 0 Å². The van der Waals surface area contributed by atoms with Gasteiger partial charge < -0.3 is 5.32 Å². The lowest BCUT2D eigenvalue weighted by molar-refractivity contribution is -0.118. The van der Waals surface area contributed by atoms with Crippen LogP contribution in [0.3, 0.4) is 0 Å². The number of aryl methyl sites for hydroxylation is 4. The molecule has 1 aromatic heterocycles. The fraction of sp³-hybridized carbons (Fsp3) is 0.292. The average molecular weight is 454 g/mol. The Bertz CT molecular complexity index is 1130. The van der Waals surface area contributed by atoms with Crippen LogP contribution in [-0.2, 0) is 11.2 Å². The topological polar surface area (TPSA) is 71.1 Å². The standard InChI is InChI=1S/C24H24ClN3O2S/c1-13-11-14(2)20(15(3)12-13)26-23(30)18-5-4-6-19-21(18)27-24(31-19)28-22(29)16-7-9-17(25)10-8-16/h7-12,18H,4-6H2,1-3H3,(H,26,30)(H,27,28,29). The highest BCUT2D eigenvalue weighted by molar-refractivity contribution is 7.16. The molecule has 1 unspecified atom stereocenters. The van der Waals surface area contributed by atoms with Gasteiger partial charge in [-0.25, -0.2) is 4.98 Å². The van der Waals surface area contributed by atoms with Crippen LogP contribution in [0.25, 0.3) is 0 Å². The van der Waals surface area contributed by atoms with Crippen molar-refractivity contribution < 1.29 is 9.59 Å². The minimum Gasteiger partial charge on any atom is -0.325 e. The fourth-order valence-corrected chi connectivity index (χ4v) is 5.27. The molecule has 3 aromatic rings. The van der Waals surface area contributed by atoms with Crippen LogP contribution >= 0.6 is 22.9 Å². The predicted octanol–water partition coefficient (Wildman–Crippen LogP) is 6.03. The summed E-state index contributed by atoms with van der Waals surface area (Å²) in [6.45, 7) is 6.07. The molecule has 2 amide bonds. The zero-order chi connectivity index (χ0) is 22.1. The number of fused-ring (bicyclic) bond motifs is 1. The first-order valence-corrected chi connectivity index (χ1v) is 11.5. The maximum absolute atomic E-state index is 13.2. The number of halogens is 1. The number of carbonyl (C=O) groups excluding carboxylic acids is 2. The van der Waals surface area contributed by atoms with E-state index in [1.54, 1.807) is 24.3 Å². The highest BCUT2D eigenvalue weighted by Gasteiger charge is 2.31. The Morgan fingerprint density at radius 2 is 1.74 bits per heavy atom. The Hall–Kier alpha value is -2.70. The number of hydrogen-bond donors (Lipinski definition) is 2. The van der Waals surface area contributed by atoms with Crippen LogP contribution in [0, 0.1) is 20.8 Å². The molecular weight excluding hydrogens is 430 g/mol. The molecule has 160 valence electrons. The highest BCUT2D eigenvalue weighted by Crippen LogP contribution is 2.38. The van der Waals surface area contributed by atoms with Crippen LogP contribution in [0.4, 0.5) is 10.8 Å². The number of carbonyl (C=O) groups is 2. The first-order chi connectivity index (χ1) is 14.8. The molecule has 0 fully saturated rings. The summed E-state index contributed by atoms with van der Waals surface area (Å²) in [5.41, 5.74) is 5.44. The van der Waals surface area contributed by atoms with Crippen molar-refractivity contribution in [2.75, 3.05) is 10.6 Å². The summed E-state index contributed by atoms with van der Waals surface area (Å²) in [6, 6.07) is 10.9. The van der Waals surface area contributed by atoms with Crippen molar-refractivity contribution in [2.45, 2.75) is 46.0 Å². The van der Waals surface area contributed by atoms with Gasteiger partial charge in [0.15, 0.2) is 5.13 Å². The molecule has 0 spiro atoms. The quantitative estimate of drug-likeness (QED) is 0.506. The number of rotatable bonds is 4. The average Bonchev–Trinajstić information content (AvgIpc) is 3.13. The molecule has 5 nitrogen and oxygen atoms in total. The second-order valence-corrected chi connectivity index (χ2v) is 9.52. The molecule has 0 saturated heterocycles. The maximum Gasteiger partial charge on any atom is 0.257 e. The second kappa shape index (κ2) is 8.81. The third-order valence-corrected chi connectivity index (χ3v) is 6.82. The number of nitrogens with one attached hydrogen (secondary N) is 2. The van der Waals surface area contributed by atoms with Gasteiger partial charge in [-0.3, -0.25) is 14.9 Å². The lowest BCUT2D eigenvalue weighted by Crippen LogP contribution is -2.25. The van der Waals surface area contributed by atoms with Crippen molar-refractivity contribution in [2.24, 2.45) is 0 Å². The summed E-state index contributed by atoms with van der Waals surface area (Å²) in [4.78, 5) is 31.4. The number of aromatic nitrogens is 1. The maximum atomic E-state index is 13.2. The monoisotopic (exact) mass is 453 g/mol. The Labute approximate surface area is 190 Å². The molecule has 1 atom stereocenters. The lowest BCUT2D eigenvalue weighted by atomic mass is 9.90. The third-order valence-electron chi connectivity index (χ3n) is 5.52. The van der Waals surface area contributed by atoms with Gasteiger partial charge in [-0.2, -0.15) is 0 Å². The molecule has 31 heavy (non-hydrogen) atoms. The molecule has 1 aliphatic carbocycles. The van der Waals surface area contributed by atoms with E-state index in [1.807, 2.05) is 20.8 Å². The molecule has 0 saturated carbocycles. The first kappa shape index (κ1) is 21.5. The predicted molar refractivity (Wildman–Crippen MR) is 126 cm³/mol. The molecular formula is C24H24ClN3O2S. The summed E-state index contributed by atoms with van der Waals surface area (Å²) >= 11 is 7.34. The van der Waals surface area contributed by atoms with Crippen molar-refractivity contribution in [3.8, 4) is 0 Å². The van der Waals surface area contributed by atoms with E-state index in [4.69, 9.17) is 11.6 Å². The Morgan fingerprint density at radius 3 is 2.42 bits per heavy atom. The van der Waals surface area contributed by atoms with Gasteiger partial charge >= 0.3 is 0 Å². The molecule has 2 aromatic carbocycles. The summed E-state index contributed by atoms with van der Waals surface area (Å²) < 4.78 is 0. The molecule has 4 rings (SSSR count). The van der Waals surface area contributed by atoms with Crippen LogP contribution in [0.15, 0.2) is 36.4 Å². The fourth-order valence-electron chi connectivity index (χ4n) is 4.09. The number of hydrogen-bond acceptors (Lipinski definition) is 4. The van der Waals surface area contributed by atoms with E-state index in [2.05, 4.69) is 27.8 Å². The molecule has 0 aliphatic heterocycles. The number of anilines is 2. The van der Waals surface area contributed by atoms with Crippen LogP contribution in [0.5, 0.6) is 0 Å². The Kier molecular flexibility index (Phi) is 6.12. The third kappa shape index (κ3) is 4.65. The molecule has 0 bridgehead atoms. The van der Waals surface area contributed by atoms with Gasteiger partial charge in [0, 0.05) is 21.2 Å². The van der Waals surface area contributed by atoms with Crippen molar-refractivity contribution >= 4 is 45.6 Å². The van der Waals surface area contributed by atoms with E-state index < -0.39 is 0 Å². The van der Waals surface area contributed by atoms with Crippen LogP contribution in [-0.4, -0.2) is 16.8 Å². The molecule has 7 heteroatoms. The van der Waals surface area contributed by atoms with E-state index >= 15 is 0 Å². The zero-order valence-electron chi connectivity index (χ0n) is 17.7. The van der Waals surface area contributed by atoms with Crippen LogP contribution in [0.1, 0.15) is 56.4 Å². The zero-order valence-corrected chi connectivity index (χ0v) is 19.3. The SMILES string of the molecule is Cc1cc(C)c(NC(=O)C2CCCc3sc(NC(=O)c4ccc(Cl)cc4)nc32)c(C)c1. The molecule has 2 N–H and O–H groups in total. The van der Waals surface area contributed by atoms with Crippen molar-refractivity contribution in [1.29, 1.82) is 0 Å². The molecule has 0 radical (unpaired) electrons. The second-order valence-electron chi connectivity index (χ2n) is 8.00. The number of nitrogens with zero attached hydrogens (tertiary/aromatic N) is 1. The van der Waals surface area contributed by atoms with Crippen molar-refractivity contribution in [3.05, 3.63) is 74.2 Å². The highest BCUT2D eigenvalue weighted by atomic mass is 35.5. The van der Waals surface area contributed by atoms with E-state index in [9.17, 15) is 9.59 Å². The van der Waals surface area contributed by atoms with Gasteiger partial charge in [-0.15, -0.1) is 11.3 Å². The van der Waals surface area contributed by atoms with Gasteiger partial charge in [-0.05, 0) is 75.4 Å². The Morgan fingerprint density at radius 1 is 1.06 bits per heavy atom. The van der Waals surface area contributed by atoms with Gasteiger partial charge in [0.2, 0.25) is 5.91 Å².